The smallest absolute Gasteiger partial charge is 0.163 e. The largest absolute Gasteiger partial charge is 0.366 e. The van der Waals surface area contributed by atoms with Gasteiger partial charge in [-0.15, -0.1) is 0 Å². The number of Topliss-reactive ketones (excluding diaryl/α,β-unsaturated/α-hetero) is 1. The van der Waals surface area contributed by atoms with Gasteiger partial charge in [-0.3, -0.25) is 4.79 Å². The summed E-state index contributed by atoms with van der Waals surface area (Å²) in [5, 5.41) is 0. The molecule has 0 heterocycles. The first-order valence-corrected chi connectivity index (χ1v) is 4.83. The van der Waals surface area contributed by atoms with E-state index < -0.39 is 6.10 Å². The molecule has 14 heavy (non-hydrogen) atoms. The van der Waals surface area contributed by atoms with Crippen molar-refractivity contribution in [2.24, 2.45) is 0 Å². The van der Waals surface area contributed by atoms with E-state index >= 15 is 0 Å². The number of benzene rings is 1. The van der Waals surface area contributed by atoms with Crippen LogP contribution < -0.4 is 0 Å². The van der Waals surface area contributed by atoms with Crippen LogP contribution in [0.4, 0.5) is 0 Å². The number of aryl methyl sites for hydroxylation is 1. The maximum atomic E-state index is 11.3. The second kappa shape index (κ2) is 4.91. The summed E-state index contributed by atoms with van der Waals surface area (Å²) < 4.78 is 5.39. The number of hydrogen-bond acceptors (Lipinski definition) is 2. The van der Waals surface area contributed by atoms with E-state index in [1.54, 1.807) is 6.92 Å². The Morgan fingerprint density at radius 3 is 2.71 bits per heavy atom. The van der Waals surface area contributed by atoms with E-state index in [2.05, 4.69) is 0 Å². The molecule has 2 heteroatoms. The summed E-state index contributed by atoms with van der Waals surface area (Å²) >= 11 is 0. The Kier molecular flexibility index (Phi) is 3.84. The molecule has 0 spiro atoms. The van der Waals surface area contributed by atoms with Gasteiger partial charge in [0, 0.05) is 6.61 Å². The van der Waals surface area contributed by atoms with Gasteiger partial charge in [-0.1, -0.05) is 29.8 Å². The Morgan fingerprint density at radius 2 is 2.21 bits per heavy atom. The normalized spacial score (nSPS) is 12.5. The minimum atomic E-state index is -0.403. The van der Waals surface area contributed by atoms with E-state index in [1.807, 2.05) is 38.1 Å². The van der Waals surface area contributed by atoms with Crippen LogP contribution in [0.1, 0.15) is 31.1 Å². The molecule has 0 amide bonds. The summed E-state index contributed by atoms with van der Waals surface area (Å²) in [6, 6.07) is 7.86. The summed E-state index contributed by atoms with van der Waals surface area (Å²) in [7, 11) is 0. The van der Waals surface area contributed by atoms with Crippen molar-refractivity contribution in [3.63, 3.8) is 0 Å². The van der Waals surface area contributed by atoms with Crippen molar-refractivity contribution < 1.29 is 9.53 Å². The van der Waals surface area contributed by atoms with Crippen molar-refractivity contribution >= 4 is 5.78 Å². The average Bonchev–Trinajstić information content (AvgIpc) is 2.13. The molecule has 0 saturated carbocycles. The van der Waals surface area contributed by atoms with Crippen molar-refractivity contribution in [2.75, 3.05) is 6.61 Å². The van der Waals surface area contributed by atoms with Gasteiger partial charge in [-0.2, -0.15) is 0 Å². The van der Waals surface area contributed by atoms with Crippen LogP contribution in [0.2, 0.25) is 0 Å². The van der Waals surface area contributed by atoms with Crippen molar-refractivity contribution in [1.29, 1.82) is 0 Å². The van der Waals surface area contributed by atoms with Crippen LogP contribution in [0.15, 0.2) is 24.3 Å². The molecule has 0 aromatic heterocycles. The van der Waals surface area contributed by atoms with Crippen LogP contribution in [0.3, 0.4) is 0 Å². The highest BCUT2D eigenvalue weighted by Gasteiger charge is 2.16. The van der Waals surface area contributed by atoms with Crippen LogP contribution in [0.25, 0.3) is 0 Å². The standard InChI is InChI=1S/C12H16O2/c1-4-14-12(10(3)13)11-7-5-6-9(2)8-11/h5-8,12H,4H2,1-3H3. The molecule has 1 aromatic rings. The number of ketones is 1. The molecule has 1 aromatic carbocycles. The van der Waals surface area contributed by atoms with E-state index in [1.165, 1.54) is 0 Å². The number of hydrogen-bond donors (Lipinski definition) is 0. The van der Waals surface area contributed by atoms with Crippen LogP contribution in [-0.2, 0) is 9.53 Å². The maximum Gasteiger partial charge on any atom is 0.163 e. The molecule has 1 rings (SSSR count). The lowest BCUT2D eigenvalue weighted by Gasteiger charge is -2.14. The van der Waals surface area contributed by atoms with E-state index in [0.717, 1.165) is 11.1 Å². The van der Waals surface area contributed by atoms with Crippen LogP contribution in [0.5, 0.6) is 0 Å². The third-order valence-electron chi connectivity index (χ3n) is 2.05. The van der Waals surface area contributed by atoms with Gasteiger partial charge in [0.1, 0.15) is 6.10 Å². The monoisotopic (exact) mass is 192 g/mol. The van der Waals surface area contributed by atoms with Crippen molar-refractivity contribution in [2.45, 2.75) is 26.9 Å². The minimum absolute atomic E-state index is 0.0532. The van der Waals surface area contributed by atoms with Crippen LogP contribution >= 0.6 is 0 Å². The lowest BCUT2D eigenvalue weighted by atomic mass is 10.0. The maximum absolute atomic E-state index is 11.3. The van der Waals surface area contributed by atoms with Gasteiger partial charge in [0.05, 0.1) is 0 Å². The fourth-order valence-electron chi connectivity index (χ4n) is 1.45. The highest BCUT2D eigenvalue weighted by Crippen LogP contribution is 2.19. The van der Waals surface area contributed by atoms with Gasteiger partial charge in [0.25, 0.3) is 0 Å². The molecule has 0 aliphatic heterocycles. The van der Waals surface area contributed by atoms with Gasteiger partial charge in [0.2, 0.25) is 0 Å². The van der Waals surface area contributed by atoms with Crippen LogP contribution in [-0.4, -0.2) is 12.4 Å². The third kappa shape index (κ3) is 2.67. The second-order valence-electron chi connectivity index (χ2n) is 3.36. The molecule has 0 saturated heterocycles. The van der Waals surface area contributed by atoms with Gasteiger partial charge in [-0.05, 0) is 26.3 Å². The predicted octanol–water partition coefficient (Wildman–Crippen LogP) is 2.66. The van der Waals surface area contributed by atoms with E-state index in [-0.39, 0.29) is 5.78 Å². The van der Waals surface area contributed by atoms with Gasteiger partial charge < -0.3 is 4.74 Å². The molecule has 0 aliphatic carbocycles. The predicted molar refractivity (Wildman–Crippen MR) is 56.2 cm³/mol. The molecular weight excluding hydrogens is 176 g/mol. The molecular formula is C12H16O2. The number of ether oxygens (including phenoxy) is 1. The summed E-state index contributed by atoms with van der Waals surface area (Å²) in [4.78, 5) is 11.3. The highest BCUT2D eigenvalue weighted by molar-refractivity contribution is 5.81. The van der Waals surface area contributed by atoms with Gasteiger partial charge in [0.15, 0.2) is 5.78 Å². The number of rotatable bonds is 4. The summed E-state index contributed by atoms with van der Waals surface area (Å²) in [6.07, 6.45) is -0.403. The van der Waals surface area contributed by atoms with E-state index in [0.29, 0.717) is 6.61 Å². The zero-order valence-corrected chi connectivity index (χ0v) is 8.91. The Labute approximate surface area is 84.9 Å². The highest BCUT2D eigenvalue weighted by atomic mass is 16.5. The lowest BCUT2D eigenvalue weighted by molar-refractivity contribution is -0.128. The topological polar surface area (TPSA) is 26.3 Å². The Hall–Kier alpha value is -1.15. The average molecular weight is 192 g/mol. The molecule has 0 aliphatic rings. The third-order valence-corrected chi connectivity index (χ3v) is 2.05. The van der Waals surface area contributed by atoms with Gasteiger partial charge >= 0.3 is 0 Å². The summed E-state index contributed by atoms with van der Waals surface area (Å²) in [6.45, 7) is 6.01. The Balaban J connectivity index is 2.93. The van der Waals surface area contributed by atoms with E-state index in [9.17, 15) is 4.79 Å². The lowest BCUT2D eigenvalue weighted by Crippen LogP contribution is -2.12. The second-order valence-corrected chi connectivity index (χ2v) is 3.36. The first-order valence-electron chi connectivity index (χ1n) is 4.83. The first kappa shape index (κ1) is 10.9. The molecule has 2 nitrogen and oxygen atoms in total. The molecule has 0 bridgehead atoms. The summed E-state index contributed by atoms with van der Waals surface area (Å²) in [5.41, 5.74) is 2.09. The summed E-state index contributed by atoms with van der Waals surface area (Å²) in [5.74, 6) is 0.0532. The molecule has 1 unspecified atom stereocenters. The Bertz CT molecular complexity index is 318. The van der Waals surface area contributed by atoms with Crippen LogP contribution in [0, 0.1) is 6.92 Å². The molecule has 0 fully saturated rings. The minimum Gasteiger partial charge on any atom is -0.366 e. The van der Waals surface area contributed by atoms with E-state index in [4.69, 9.17) is 4.74 Å². The molecule has 0 N–H and O–H groups in total. The fraction of sp³-hybridized carbons (Fsp3) is 0.417. The van der Waals surface area contributed by atoms with Gasteiger partial charge in [-0.25, -0.2) is 0 Å². The van der Waals surface area contributed by atoms with Crippen molar-refractivity contribution in [1.82, 2.24) is 0 Å². The SMILES string of the molecule is CCOC(C(C)=O)c1cccc(C)c1. The first-order chi connectivity index (χ1) is 6.65. The number of carbonyl (C=O) groups is 1. The number of carbonyl (C=O) groups excluding carboxylic acids is 1. The zero-order chi connectivity index (χ0) is 10.6. The molecule has 1 atom stereocenters. The fourth-order valence-corrected chi connectivity index (χ4v) is 1.45. The van der Waals surface area contributed by atoms with Crippen molar-refractivity contribution in [3.05, 3.63) is 35.4 Å². The molecule has 76 valence electrons. The zero-order valence-electron chi connectivity index (χ0n) is 8.91. The van der Waals surface area contributed by atoms with Crippen molar-refractivity contribution in [3.8, 4) is 0 Å². The molecule has 0 radical (unpaired) electrons. The Morgan fingerprint density at radius 1 is 1.50 bits per heavy atom. The quantitative estimate of drug-likeness (QED) is 0.733.